The number of aryl methyl sites for hydroxylation is 1. The van der Waals surface area contributed by atoms with E-state index in [4.69, 9.17) is 5.73 Å². The number of nitrogens with two attached hydrogens (primary N) is 1. The number of aliphatic hydroxyl groups is 1. The van der Waals surface area contributed by atoms with Gasteiger partial charge in [0.15, 0.2) is 0 Å². The normalized spacial score (nSPS) is 19.5. The smallest absolute Gasteiger partial charge is 0.224 e. The molecule has 0 atom stereocenters. The highest BCUT2D eigenvalue weighted by atomic mass is 16.3. The van der Waals surface area contributed by atoms with E-state index in [1.54, 1.807) is 0 Å². The van der Waals surface area contributed by atoms with Gasteiger partial charge in [0.05, 0.1) is 18.0 Å². The summed E-state index contributed by atoms with van der Waals surface area (Å²) in [6.45, 7) is 0.972. The highest BCUT2D eigenvalue weighted by molar-refractivity contribution is 5.95. The fourth-order valence-corrected chi connectivity index (χ4v) is 2.45. The molecule has 1 aliphatic heterocycles. The summed E-state index contributed by atoms with van der Waals surface area (Å²) in [5, 5.41) is 15.5. The van der Waals surface area contributed by atoms with Crippen LogP contribution in [0, 0.1) is 5.41 Å². The van der Waals surface area contributed by atoms with Gasteiger partial charge in [0.25, 0.3) is 0 Å². The van der Waals surface area contributed by atoms with Crippen molar-refractivity contribution in [1.82, 2.24) is 0 Å². The molecular weight excluding hydrogens is 242 g/mol. The van der Waals surface area contributed by atoms with Gasteiger partial charge in [-0.2, -0.15) is 0 Å². The third kappa shape index (κ3) is 2.38. The van der Waals surface area contributed by atoms with Crippen LogP contribution in [-0.4, -0.2) is 24.2 Å². The first-order valence-corrected chi connectivity index (χ1v) is 6.69. The number of anilines is 3. The van der Waals surface area contributed by atoms with E-state index in [1.165, 1.54) is 0 Å². The Bertz CT molecular complexity index is 524. The van der Waals surface area contributed by atoms with Crippen molar-refractivity contribution >= 4 is 23.0 Å². The zero-order valence-corrected chi connectivity index (χ0v) is 10.8. The van der Waals surface area contributed by atoms with Crippen molar-refractivity contribution < 1.29 is 9.90 Å². The van der Waals surface area contributed by atoms with Gasteiger partial charge in [-0.05, 0) is 37.0 Å². The summed E-state index contributed by atoms with van der Waals surface area (Å²) in [5.41, 5.74) is 9.53. The molecular formula is C14H19N3O2. The van der Waals surface area contributed by atoms with Gasteiger partial charge in [0.2, 0.25) is 5.91 Å². The minimum absolute atomic E-state index is 0.0461. The molecule has 102 valence electrons. The number of aliphatic hydroxyl groups excluding tert-OH is 1. The molecule has 0 spiro atoms. The third-order valence-corrected chi connectivity index (χ3v) is 4.12. The van der Waals surface area contributed by atoms with Crippen LogP contribution in [0.2, 0.25) is 0 Å². The maximum Gasteiger partial charge on any atom is 0.224 e. The van der Waals surface area contributed by atoms with E-state index in [1.807, 2.05) is 12.1 Å². The first kappa shape index (κ1) is 12.3. The molecule has 0 aromatic heterocycles. The summed E-state index contributed by atoms with van der Waals surface area (Å²) >= 11 is 0. The Hall–Kier alpha value is -1.75. The molecule has 0 radical (unpaired) electrons. The topological polar surface area (TPSA) is 87.4 Å². The number of benzene rings is 1. The molecule has 1 fully saturated rings. The molecule has 1 saturated carbocycles. The first-order valence-electron chi connectivity index (χ1n) is 6.69. The van der Waals surface area contributed by atoms with Gasteiger partial charge in [-0.25, -0.2) is 0 Å². The molecule has 3 rings (SSSR count). The number of carbonyl (C=O) groups excluding carboxylic acids is 1. The second kappa shape index (κ2) is 4.42. The maximum absolute atomic E-state index is 11.3. The molecule has 0 bridgehead atoms. The SMILES string of the molecule is Nc1cc2c(cc1NCC1(CO)CC1)CCC(=O)N2. The fourth-order valence-electron chi connectivity index (χ4n) is 2.45. The van der Waals surface area contributed by atoms with E-state index in [9.17, 15) is 9.90 Å². The third-order valence-electron chi connectivity index (χ3n) is 4.12. The van der Waals surface area contributed by atoms with Crippen molar-refractivity contribution in [1.29, 1.82) is 0 Å². The molecule has 1 aromatic carbocycles. The molecule has 1 aromatic rings. The molecule has 1 amide bonds. The molecule has 1 aliphatic carbocycles. The van der Waals surface area contributed by atoms with Crippen molar-refractivity contribution in [2.24, 2.45) is 5.41 Å². The Morgan fingerprint density at radius 2 is 2.16 bits per heavy atom. The lowest BCUT2D eigenvalue weighted by atomic mass is 10.0. The highest BCUT2D eigenvalue weighted by Crippen LogP contribution is 2.45. The van der Waals surface area contributed by atoms with Crippen LogP contribution >= 0.6 is 0 Å². The first-order chi connectivity index (χ1) is 9.12. The largest absolute Gasteiger partial charge is 0.397 e. The van der Waals surface area contributed by atoms with Crippen LogP contribution in [0.4, 0.5) is 17.1 Å². The lowest BCUT2D eigenvalue weighted by Gasteiger charge is -2.21. The van der Waals surface area contributed by atoms with E-state index >= 15 is 0 Å². The summed E-state index contributed by atoms with van der Waals surface area (Å²) < 4.78 is 0. The van der Waals surface area contributed by atoms with Gasteiger partial charge in [-0.3, -0.25) is 4.79 Å². The van der Waals surface area contributed by atoms with Crippen molar-refractivity contribution in [3.05, 3.63) is 17.7 Å². The second-order valence-electron chi connectivity index (χ2n) is 5.66. The van der Waals surface area contributed by atoms with E-state index in [2.05, 4.69) is 10.6 Å². The number of rotatable bonds is 4. The molecule has 5 heteroatoms. The maximum atomic E-state index is 11.3. The van der Waals surface area contributed by atoms with E-state index in [0.717, 1.165) is 42.7 Å². The Kier molecular flexibility index (Phi) is 2.86. The second-order valence-corrected chi connectivity index (χ2v) is 5.66. The molecule has 0 saturated heterocycles. The molecule has 5 nitrogen and oxygen atoms in total. The van der Waals surface area contributed by atoms with Gasteiger partial charge < -0.3 is 21.5 Å². The number of nitrogens with one attached hydrogen (secondary N) is 2. The van der Waals surface area contributed by atoms with E-state index in [-0.39, 0.29) is 17.9 Å². The van der Waals surface area contributed by atoms with Gasteiger partial charge in [0.1, 0.15) is 0 Å². The highest BCUT2D eigenvalue weighted by Gasteiger charge is 2.41. The predicted molar refractivity (Wildman–Crippen MR) is 75.0 cm³/mol. The summed E-state index contributed by atoms with van der Waals surface area (Å²) in [6.07, 6.45) is 3.41. The minimum Gasteiger partial charge on any atom is -0.397 e. The van der Waals surface area contributed by atoms with Crippen molar-refractivity contribution in [3.8, 4) is 0 Å². The number of fused-ring (bicyclic) bond motifs is 1. The summed E-state index contributed by atoms with van der Waals surface area (Å²) in [7, 11) is 0. The number of hydrogen-bond donors (Lipinski definition) is 4. The van der Waals surface area contributed by atoms with Crippen molar-refractivity contribution in [2.45, 2.75) is 25.7 Å². The van der Waals surface area contributed by atoms with Crippen LogP contribution < -0.4 is 16.4 Å². The molecule has 19 heavy (non-hydrogen) atoms. The van der Waals surface area contributed by atoms with E-state index < -0.39 is 0 Å². The molecule has 1 heterocycles. The lowest BCUT2D eigenvalue weighted by Crippen LogP contribution is -2.21. The summed E-state index contributed by atoms with van der Waals surface area (Å²) in [6, 6.07) is 3.82. The quantitative estimate of drug-likeness (QED) is 0.616. The molecule has 2 aliphatic rings. The number of hydrogen-bond acceptors (Lipinski definition) is 4. The van der Waals surface area contributed by atoms with Crippen molar-refractivity contribution in [3.63, 3.8) is 0 Å². The average Bonchev–Trinajstić information content (AvgIpc) is 3.17. The van der Waals surface area contributed by atoms with Gasteiger partial charge in [-0.1, -0.05) is 0 Å². The van der Waals surface area contributed by atoms with Gasteiger partial charge in [0, 0.05) is 24.1 Å². The van der Waals surface area contributed by atoms with Gasteiger partial charge >= 0.3 is 0 Å². The zero-order valence-electron chi connectivity index (χ0n) is 10.8. The van der Waals surface area contributed by atoms with Crippen LogP contribution in [-0.2, 0) is 11.2 Å². The average molecular weight is 261 g/mol. The Labute approximate surface area is 112 Å². The van der Waals surface area contributed by atoms with Crippen LogP contribution in [0.25, 0.3) is 0 Å². The van der Waals surface area contributed by atoms with Crippen LogP contribution in [0.15, 0.2) is 12.1 Å². The van der Waals surface area contributed by atoms with Crippen molar-refractivity contribution in [2.75, 3.05) is 29.5 Å². The fraction of sp³-hybridized carbons (Fsp3) is 0.500. The number of carbonyl (C=O) groups is 1. The molecule has 5 N–H and O–H groups in total. The Morgan fingerprint density at radius 1 is 1.37 bits per heavy atom. The molecule has 0 unspecified atom stereocenters. The minimum atomic E-state index is 0.0461. The van der Waals surface area contributed by atoms with E-state index in [0.29, 0.717) is 12.1 Å². The zero-order chi connectivity index (χ0) is 13.5. The predicted octanol–water partition coefficient (Wildman–Crippen LogP) is 1.34. The number of amides is 1. The summed E-state index contributed by atoms with van der Waals surface area (Å²) in [5.74, 6) is 0.0461. The van der Waals surface area contributed by atoms with Crippen LogP contribution in [0.1, 0.15) is 24.8 Å². The van der Waals surface area contributed by atoms with Gasteiger partial charge in [-0.15, -0.1) is 0 Å². The standard InChI is InChI=1S/C14H19N3O2/c15-10-6-11-9(1-2-13(19)17-11)5-12(10)16-7-14(8-18)3-4-14/h5-6,16,18H,1-4,7-8,15H2,(H,17,19). The van der Waals surface area contributed by atoms with Crippen LogP contribution in [0.3, 0.4) is 0 Å². The summed E-state index contributed by atoms with van der Waals surface area (Å²) in [4.78, 5) is 11.3. The number of nitrogen functional groups attached to an aromatic ring is 1. The van der Waals surface area contributed by atoms with Crippen LogP contribution in [0.5, 0.6) is 0 Å². The Balaban J connectivity index is 1.77. The Morgan fingerprint density at radius 3 is 2.84 bits per heavy atom. The lowest BCUT2D eigenvalue weighted by molar-refractivity contribution is -0.116. The monoisotopic (exact) mass is 261 g/mol.